The number of benzene rings is 2. The molecule has 0 radical (unpaired) electrons. The van der Waals surface area contributed by atoms with Crippen molar-refractivity contribution in [3.8, 4) is 5.75 Å². The summed E-state index contributed by atoms with van der Waals surface area (Å²) < 4.78 is 55.1. The number of fused-ring (bicyclic) bond motifs is 2. The van der Waals surface area contributed by atoms with Gasteiger partial charge in [0, 0.05) is 24.2 Å². The molecule has 0 saturated carbocycles. The third-order valence-electron chi connectivity index (χ3n) is 7.01. The van der Waals surface area contributed by atoms with E-state index < -0.39 is 54.1 Å². The van der Waals surface area contributed by atoms with Crippen LogP contribution in [0.2, 0.25) is 5.02 Å². The largest absolute Gasteiger partial charge is 0.484 e. The molecule has 0 aliphatic carbocycles. The minimum Gasteiger partial charge on any atom is -0.484 e. The Morgan fingerprint density at radius 3 is 2.40 bits per heavy atom. The second-order valence-electron chi connectivity index (χ2n) is 10.9. The standard InChI is InChI=1S/C28H27ClF3N5O5/c1-28(2,3)42-27(40)36-10-9-16-17(29)11-18(30)23(41-13-19-22(24(31)32)35(4)34-33-19)21(16)20(36)12-37-25(38)14-7-5-6-8-15(14)26(37)39/h5-8,11,20,24H,9-10,12-13H2,1-4H3. The van der Waals surface area contributed by atoms with E-state index >= 15 is 4.39 Å². The summed E-state index contributed by atoms with van der Waals surface area (Å²) in [5, 5.41) is 7.36. The highest BCUT2D eigenvalue weighted by Crippen LogP contribution is 2.44. The van der Waals surface area contributed by atoms with Crippen molar-refractivity contribution in [2.45, 2.75) is 51.9 Å². The second-order valence-corrected chi connectivity index (χ2v) is 11.3. The highest BCUT2D eigenvalue weighted by atomic mass is 35.5. The minimum atomic E-state index is -2.92. The number of alkyl halides is 2. The summed E-state index contributed by atoms with van der Waals surface area (Å²) in [5.41, 5.74) is -0.715. The number of aromatic nitrogens is 3. The first-order valence-corrected chi connectivity index (χ1v) is 13.4. The lowest BCUT2D eigenvalue weighted by Gasteiger charge is -2.40. The van der Waals surface area contributed by atoms with Crippen LogP contribution in [-0.2, 0) is 24.8 Å². The van der Waals surface area contributed by atoms with E-state index in [0.717, 1.165) is 15.6 Å². The Hall–Kier alpha value is -4.13. The summed E-state index contributed by atoms with van der Waals surface area (Å²) in [4.78, 5) is 42.2. The molecule has 2 aliphatic heterocycles. The van der Waals surface area contributed by atoms with Crippen molar-refractivity contribution in [3.05, 3.63) is 74.8 Å². The van der Waals surface area contributed by atoms with Crippen LogP contribution in [0.5, 0.6) is 5.75 Å². The Kier molecular flexibility index (Phi) is 7.64. The molecule has 0 spiro atoms. The molecule has 3 amide bonds. The van der Waals surface area contributed by atoms with Gasteiger partial charge in [0.25, 0.3) is 18.2 Å². The van der Waals surface area contributed by atoms with E-state index in [9.17, 15) is 23.2 Å². The van der Waals surface area contributed by atoms with Gasteiger partial charge >= 0.3 is 6.09 Å². The summed E-state index contributed by atoms with van der Waals surface area (Å²) >= 11 is 6.45. The predicted octanol–water partition coefficient (Wildman–Crippen LogP) is 5.25. The summed E-state index contributed by atoms with van der Waals surface area (Å²) in [6, 6.07) is 6.16. The number of carbonyl (C=O) groups excluding carboxylic acids is 3. The number of hydrogen-bond donors (Lipinski definition) is 0. The number of carbonyl (C=O) groups is 3. The number of aryl methyl sites for hydroxylation is 1. The molecule has 0 saturated heterocycles. The maximum absolute atomic E-state index is 15.6. The van der Waals surface area contributed by atoms with Gasteiger partial charge in [0.1, 0.15) is 23.6 Å². The molecule has 222 valence electrons. The zero-order valence-electron chi connectivity index (χ0n) is 23.2. The second kappa shape index (κ2) is 10.9. The number of rotatable bonds is 6. The molecule has 1 aromatic heterocycles. The maximum Gasteiger partial charge on any atom is 0.410 e. The van der Waals surface area contributed by atoms with E-state index in [2.05, 4.69) is 10.3 Å². The molecule has 10 nitrogen and oxygen atoms in total. The average Bonchev–Trinajstić information content (AvgIpc) is 3.40. The number of imide groups is 1. The van der Waals surface area contributed by atoms with E-state index in [0.29, 0.717) is 5.56 Å². The minimum absolute atomic E-state index is 0.0406. The van der Waals surface area contributed by atoms with E-state index in [-0.39, 0.29) is 52.7 Å². The van der Waals surface area contributed by atoms with Gasteiger partial charge in [-0.2, -0.15) is 0 Å². The SMILES string of the molecule is Cn1nnc(COc2c(F)cc(Cl)c3c2C(CN2C(=O)c4ccccc4C2=O)N(C(=O)OC(C)(C)C)CC3)c1C(F)F. The monoisotopic (exact) mass is 605 g/mol. The van der Waals surface area contributed by atoms with Crippen LogP contribution in [0.15, 0.2) is 30.3 Å². The molecule has 42 heavy (non-hydrogen) atoms. The van der Waals surface area contributed by atoms with Crippen LogP contribution in [0, 0.1) is 5.82 Å². The van der Waals surface area contributed by atoms with E-state index in [1.165, 1.54) is 24.1 Å². The highest BCUT2D eigenvalue weighted by Gasteiger charge is 2.43. The van der Waals surface area contributed by atoms with Gasteiger partial charge in [-0.1, -0.05) is 28.9 Å². The molecule has 0 N–H and O–H groups in total. The van der Waals surface area contributed by atoms with Crippen molar-refractivity contribution >= 4 is 29.5 Å². The lowest BCUT2D eigenvalue weighted by molar-refractivity contribution is 0.00939. The Balaban J connectivity index is 1.59. The van der Waals surface area contributed by atoms with Gasteiger partial charge in [-0.15, -0.1) is 5.10 Å². The lowest BCUT2D eigenvalue weighted by Crippen LogP contribution is -2.48. The Bertz CT molecular complexity index is 1550. The molecule has 14 heteroatoms. The van der Waals surface area contributed by atoms with Crippen LogP contribution in [0.1, 0.15) is 76.5 Å². The van der Waals surface area contributed by atoms with Crippen LogP contribution < -0.4 is 4.74 Å². The molecule has 1 unspecified atom stereocenters. The van der Waals surface area contributed by atoms with E-state index in [1.54, 1.807) is 32.9 Å². The normalized spacial score (nSPS) is 16.6. The maximum atomic E-state index is 15.6. The number of hydrogen-bond acceptors (Lipinski definition) is 7. The van der Waals surface area contributed by atoms with Gasteiger partial charge in [-0.25, -0.2) is 22.6 Å². The lowest BCUT2D eigenvalue weighted by atomic mass is 9.91. The quantitative estimate of drug-likeness (QED) is 0.353. The van der Waals surface area contributed by atoms with Crippen molar-refractivity contribution in [2.75, 3.05) is 13.1 Å². The topological polar surface area (TPSA) is 107 Å². The van der Waals surface area contributed by atoms with Crippen molar-refractivity contribution in [3.63, 3.8) is 0 Å². The summed E-state index contributed by atoms with van der Waals surface area (Å²) in [6.45, 7) is 4.14. The molecular formula is C28H27ClF3N5O5. The van der Waals surface area contributed by atoms with Crippen molar-refractivity contribution in [1.82, 2.24) is 24.8 Å². The molecular weight excluding hydrogens is 579 g/mol. The first-order chi connectivity index (χ1) is 19.8. The molecule has 2 aliphatic rings. The van der Waals surface area contributed by atoms with Crippen molar-refractivity contribution in [1.29, 1.82) is 0 Å². The van der Waals surface area contributed by atoms with Gasteiger partial charge in [0.2, 0.25) is 0 Å². The number of nitrogens with zero attached hydrogens (tertiary/aromatic N) is 5. The third-order valence-corrected chi connectivity index (χ3v) is 7.34. The summed E-state index contributed by atoms with van der Waals surface area (Å²) in [6.07, 6.45) is -3.53. The first kappa shape index (κ1) is 29.4. The zero-order chi connectivity index (χ0) is 30.5. The van der Waals surface area contributed by atoms with Crippen LogP contribution in [0.4, 0.5) is 18.0 Å². The molecule has 2 aromatic carbocycles. The predicted molar refractivity (Wildman–Crippen MR) is 143 cm³/mol. The van der Waals surface area contributed by atoms with E-state index in [1.807, 2.05) is 0 Å². The van der Waals surface area contributed by atoms with Crippen molar-refractivity contribution in [2.24, 2.45) is 7.05 Å². The third kappa shape index (κ3) is 5.28. The number of halogens is 4. The van der Waals surface area contributed by atoms with Gasteiger partial charge in [-0.05, 0) is 51.0 Å². The highest BCUT2D eigenvalue weighted by molar-refractivity contribution is 6.31. The van der Waals surface area contributed by atoms with Crippen molar-refractivity contribution < 1.29 is 37.0 Å². The average molecular weight is 606 g/mol. The summed E-state index contributed by atoms with van der Waals surface area (Å²) in [7, 11) is 1.29. The van der Waals surface area contributed by atoms with Crippen LogP contribution in [0.25, 0.3) is 0 Å². The Morgan fingerprint density at radius 1 is 1.17 bits per heavy atom. The van der Waals surface area contributed by atoms with E-state index in [4.69, 9.17) is 21.1 Å². The summed E-state index contributed by atoms with van der Waals surface area (Å²) in [5.74, 6) is -2.48. The van der Waals surface area contributed by atoms with Gasteiger partial charge in [0.15, 0.2) is 11.6 Å². The molecule has 0 fully saturated rings. The Labute approximate surface area is 243 Å². The van der Waals surface area contributed by atoms with Gasteiger partial charge in [-0.3, -0.25) is 19.4 Å². The fourth-order valence-electron chi connectivity index (χ4n) is 5.18. The number of ether oxygens (including phenoxy) is 2. The molecule has 3 heterocycles. The van der Waals surface area contributed by atoms with Crippen LogP contribution in [-0.4, -0.2) is 61.4 Å². The fourth-order valence-corrected chi connectivity index (χ4v) is 5.47. The fraction of sp³-hybridized carbons (Fsp3) is 0.393. The number of amides is 3. The molecule has 5 rings (SSSR count). The molecule has 0 bridgehead atoms. The molecule has 3 aromatic rings. The van der Waals surface area contributed by atoms with Gasteiger partial charge < -0.3 is 9.47 Å². The Morgan fingerprint density at radius 2 is 1.81 bits per heavy atom. The smallest absolute Gasteiger partial charge is 0.410 e. The molecule has 1 atom stereocenters. The van der Waals surface area contributed by atoms with Crippen LogP contribution >= 0.6 is 11.6 Å². The zero-order valence-corrected chi connectivity index (χ0v) is 23.9. The van der Waals surface area contributed by atoms with Crippen LogP contribution in [0.3, 0.4) is 0 Å². The van der Waals surface area contributed by atoms with Gasteiger partial charge in [0.05, 0.1) is 23.7 Å². The first-order valence-electron chi connectivity index (χ1n) is 13.0.